The molecule has 2 rings (SSSR count). The maximum Gasteiger partial charge on any atom is 0.0702 e. The smallest absolute Gasteiger partial charge is 0.0702 e. The van der Waals surface area contributed by atoms with E-state index in [1.807, 2.05) is 12.3 Å². The van der Waals surface area contributed by atoms with Gasteiger partial charge in [0.25, 0.3) is 0 Å². The largest absolute Gasteiger partial charge is 0.383 e. The summed E-state index contributed by atoms with van der Waals surface area (Å²) in [4.78, 5) is 4.31. The Morgan fingerprint density at radius 2 is 2.24 bits per heavy atom. The van der Waals surface area contributed by atoms with Crippen molar-refractivity contribution in [3.05, 3.63) is 42.1 Å². The lowest BCUT2D eigenvalue weighted by Gasteiger charge is -2.12. The number of hydrogen-bond acceptors (Lipinski definition) is 3. The number of nitrogens with zero attached hydrogens (tertiary/aromatic N) is 1. The number of pyridine rings is 1. The summed E-state index contributed by atoms with van der Waals surface area (Å²) in [5, 5.41) is 4.61. The monoisotopic (exact) mass is 230 g/mol. The number of fused-ring (bicyclic) bond motifs is 1. The van der Waals surface area contributed by atoms with Crippen LogP contribution in [0.3, 0.4) is 0 Å². The summed E-state index contributed by atoms with van der Waals surface area (Å²) in [6.45, 7) is 3.70. The molecule has 1 N–H and O–H groups in total. The lowest BCUT2D eigenvalue weighted by atomic mass is 10.1. The van der Waals surface area contributed by atoms with Gasteiger partial charge in [-0.15, -0.1) is 0 Å². The quantitative estimate of drug-likeness (QED) is 0.856. The van der Waals surface area contributed by atoms with E-state index in [-0.39, 0.29) is 0 Å². The van der Waals surface area contributed by atoms with Crippen LogP contribution in [0, 0.1) is 0 Å². The molecule has 0 saturated carbocycles. The van der Waals surface area contributed by atoms with E-state index < -0.39 is 0 Å². The maximum atomic E-state index is 5.09. The Labute approximate surface area is 102 Å². The van der Waals surface area contributed by atoms with Crippen LogP contribution in [-0.2, 0) is 11.3 Å². The van der Waals surface area contributed by atoms with Gasteiger partial charge in [0.1, 0.15) is 0 Å². The first-order chi connectivity index (χ1) is 8.29. The number of methoxy groups -OCH3 is 1. The number of nitrogens with one attached hydrogen (secondary N) is 1. The molecular weight excluding hydrogens is 212 g/mol. The third-order valence-electron chi connectivity index (χ3n) is 2.74. The van der Waals surface area contributed by atoms with Crippen LogP contribution in [-0.4, -0.2) is 24.7 Å². The van der Waals surface area contributed by atoms with Gasteiger partial charge in [-0.05, 0) is 30.7 Å². The minimum absolute atomic E-state index is 0.365. The molecule has 0 aliphatic heterocycles. The zero-order chi connectivity index (χ0) is 12.1. The number of aromatic nitrogens is 1. The molecule has 0 saturated heterocycles. The summed E-state index contributed by atoms with van der Waals surface area (Å²) in [7, 11) is 1.72. The van der Waals surface area contributed by atoms with Crippen LogP contribution in [0.1, 0.15) is 12.5 Å². The summed E-state index contributed by atoms with van der Waals surface area (Å²) in [6, 6.07) is 10.8. The van der Waals surface area contributed by atoms with Gasteiger partial charge in [-0.3, -0.25) is 4.98 Å². The average Bonchev–Trinajstić information content (AvgIpc) is 2.36. The molecule has 1 unspecified atom stereocenters. The van der Waals surface area contributed by atoms with E-state index in [9.17, 15) is 0 Å². The number of hydrogen-bond donors (Lipinski definition) is 1. The van der Waals surface area contributed by atoms with E-state index in [0.29, 0.717) is 6.04 Å². The molecule has 3 nitrogen and oxygen atoms in total. The van der Waals surface area contributed by atoms with Crippen molar-refractivity contribution in [2.45, 2.75) is 19.5 Å². The molecule has 1 atom stereocenters. The first-order valence-corrected chi connectivity index (χ1v) is 5.85. The van der Waals surface area contributed by atoms with E-state index in [2.05, 4.69) is 41.5 Å². The van der Waals surface area contributed by atoms with E-state index in [0.717, 1.165) is 18.7 Å². The number of benzene rings is 1. The molecular formula is C14H18N2O. The second kappa shape index (κ2) is 5.75. The van der Waals surface area contributed by atoms with Gasteiger partial charge in [0, 0.05) is 31.3 Å². The molecule has 0 aliphatic carbocycles. The van der Waals surface area contributed by atoms with Crippen LogP contribution in [0.2, 0.25) is 0 Å². The van der Waals surface area contributed by atoms with E-state index >= 15 is 0 Å². The van der Waals surface area contributed by atoms with Crippen molar-refractivity contribution in [1.82, 2.24) is 10.3 Å². The van der Waals surface area contributed by atoms with Gasteiger partial charge in [0.05, 0.1) is 12.1 Å². The summed E-state index contributed by atoms with van der Waals surface area (Å²) >= 11 is 0. The molecule has 3 heteroatoms. The molecule has 1 aromatic carbocycles. The highest BCUT2D eigenvalue weighted by molar-refractivity contribution is 5.78. The number of ether oxygens (including phenoxy) is 1. The van der Waals surface area contributed by atoms with E-state index in [4.69, 9.17) is 4.74 Å². The summed E-state index contributed by atoms with van der Waals surface area (Å²) in [5.74, 6) is 0. The Morgan fingerprint density at radius 1 is 1.35 bits per heavy atom. The fourth-order valence-electron chi connectivity index (χ4n) is 1.84. The minimum Gasteiger partial charge on any atom is -0.383 e. The van der Waals surface area contributed by atoms with Crippen LogP contribution in [0.5, 0.6) is 0 Å². The molecule has 0 aliphatic rings. The van der Waals surface area contributed by atoms with Gasteiger partial charge in [-0.1, -0.05) is 12.1 Å². The van der Waals surface area contributed by atoms with Crippen LogP contribution in [0.15, 0.2) is 36.5 Å². The highest BCUT2D eigenvalue weighted by Gasteiger charge is 2.01. The molecule has 2 aromatic rings. The lowest BCUT2D eigenvalue weighted by molar-refractivity contribution is 0.171. The molecule has 90 valence electrons. The molecule has 17 heavy (non-hydrogen) atoms. The predicted octanol–water partition coefficient (Wildman–Crippen LogP) is 2.36. The fourth-order valence-corrected chi connectivity index (χ4v) is 1.84. The number of rotatable bonds is 5. The molecule has 0 spiro atoms. The molecule has 1 heterocycles. The standard InChI is InChI=1S/C14H18N2O/c1-11(10-17-2)16-9-12-5-6-14-13(8-12)4-3-7-15-14/h3-8,11,16H,9-10H2,1-2H3. The van der Waals surface area contributed by atoms with Gasteiger partial charge in [0.2, 0.25) is 0 Å². The van der Waals surface area contributed by atoms with Gasteiger partial charge in [-0.2, -0.15) is 0 Å². The van der Waals surface area contributed by atoms with Crippen LogP contribution in [0.4, 0.5) is 0 Å². The zero-order valence-electron chi connectivity index (χ0n) is 10.3. The summed E-state index contributed by atoms with van der Waals surface area (Å²) < 4.78 is 5.09. The maximum absolute atomic E-state index is 5.09. The second-order valence-electron chi connectivity index (χ2n) is 4.27. The van der Waals surface area contributed by atoms with Crippen molar-refractivity contribution < 1.29 is 4.74 Å². The Balaban J connectivity index is 2.04. The lowest BCUT2D eigenvalue weighted by Crippen LogP contribution is -2.29. The Hall–Kier alpha value is -1.45. The van der Waals surface area contributed by atoms with Crippen molar-refractivity contribution in [3.63, 3.8) is 0 Å². The van der Waals surface area contributed by atoms with Gasteiger partial charge < -0.3 is 10.1 Å². The van der Waals surface area contributed by atoms with Crippen molar-refractivity contribution >= 4 is 10.9 Å². The van der Waals surface area contributed by atoms with Crippen LogP contribution >= 0.6 is 0 Å². The Kier molecular flexibility index (Phi) is 4.07. The molecule has 0 bridgehead atoms. The SMILES string of the molecule is COCC(C)NCc1ccc2ncccc2c1. The first-order valence-electron chi connectivity index (χ1n) is 5.85. The second-order valence-corrected chi connectivity index (χ2v) is 4.27. The van der Waals surface area contributed by atoms with Crippen molar-refractivity contribution in [2.75, 3.05) is 13.7 Å². The third kappa shape index (κ3) is 3.25. The molecule has 0 amide bonds. The van der Waals surface area contributed by atoms with Crippen molar-refractivity contribution in [2.24, 2.45) is 0 Å². The van der Waals surface area contributed by atoms with Gasteiger partial charge >= 0.3 is 0 Å². The molecule has 1 aromatic heterocycles. The summed E-state index contributed by atoms with van der Waals surface area (Å²) in [5.41, 5.74) is 2.31. The molecule has 0 radical (unpaired) electrons. The highest BCUT2D eigenvalue weighted by atomic mass is 16.5. The minimum atomic E-state index is 0.365. The fraction of sp³-hybridized carbons (Fsp3) is 0.357. The first kappa shape index (κ1) is 12.0. The Morgan fingerprint density at radius 3 is 3.06 bits per heavy atom. The van der Waals surface area contributed by atoms with Crippen molar-refractivity contribution in [3.8, 4) is 0 Å². The predicted molar refractivity (Wildman–Crippen MR) is 69.9 cm³/mol. The van der Waals surface area contributed by atoms with Crippen LogP contribution in [0.25, 0.3) is 10.9 Å². The van der Waals surface area contributed by atoms with Crippen LogP contribution < -0.4 is 5.32 Å². The van der Waals surface area contributed by atoms with Crippen molar-refractivity contribution in [1.29, 1.82) is 0 Å². The average molecular weight is 230 g/mol. The summed E-state index contributed by atoms with van der Waals surface area (Å²) in [6.07, 6.45) is 1.82. The van der Waals surface area contributed by atoms with E-state index in [1.54, 1.807) is 7.11 Å². The Bertz CT molecular complexity index is 484. The highest BCUT2D eigenvalue weighted by Crippen LogP contribution is 2.13. The zero-order valence-corrected chi connectivity index (χ0v) is 10.3. The normalized spacial score (nSPS) is 12.8. The van der Waals surface area contributed by atoms with E-state index in [1.165, 1.54) is 10.9 Å². The molecule has 0 fully saturated rings. The topological polar surface area (TPSA) is 34.1 Å². The van der Waals surface area contributed by atoms with Gasteiger partial charge in [0.15, 0.2) is 0 Å². The third-order valence-corrected chi connectivity index (χ3v) is 2.74. The van der Waals surface area contributed by atoms with Gasteiger partial charge in [-0.25, -0.2) is 0 Å².